The molecule has 21 heavy (non-hydrogen) atoms. The van der Waals surface area contributed by atoms with E-state index in [-0.39, 0.29) is 5.56 Å². The van der Waals surface area contributed by atoms with Crippen molar-refractivity contribution < 1.29 is 14.6 Å². The maximum absolute atomic E-state index is 11.1. The summed E-state index contributed by atoms with van der Waals surface area (Å²) in [6.45, 7) is 8.06. The van der Waals surface area contributed by atoms with Gasteiger partial charge < -0.3 is 19.6 Å². The average Bonchev–Trinajstić information content (AvgIpc) is 2.48. The molecule has 1 aliphatic heterocycles. The van der Waals surface area contributed by atoms with E-state index in [2.05, 4.69) is 23.8 Å². The highest BCUT2D eigenvalue weighted by atomic mass is 16.5. The van der Waals surface area contributed by atoms with E-state index in [4.69, 9.17) is 9.84 Å². The van der Waals surface area contributed by atoms with Crippen LogP contribution in [0.15, 0.2) is 24.3 Å². The van der Waals surface area contributed by atoms with Crippen LogP contribution >= 0.6 is 0 Å². The molecule has 1 atom stereocenters. The summed E-state index contributed by atoms with van der Waals surface area (Å²) in [5.74, 6) is -0.122. The maximum Gasteiger partial charge on any atom is 0.339 e. The number of carboxylic acid groups (broad SMARTS) is 1. The minimum Gasteiger partial charge on any atom is -0.492 e. The molecular formula is C16H24N2O3. The molecule has 0 bridgehead atoms. The van der Waals surface area contributed by atoms with E-state index in [0.717, 1.165) is 32.7 Å². The quantitative estimate of drug-likeness (QED) is 0.864. The van der Waals surface area contributed by atoms with Crippen molar-refractivity contribution >= 4 is 5.97 Å². The van der Waals surface area contributed by atoms with Gasteiger partial charge in [0, 0.05) is 38.6 Å². The Morgan fingerprint density at radius 2 is 1.95 bits per heavy atom. The molecule has 0 saturated carbocycles. The van der Waals surface area contributed by atoms with Gasteiger partial charge in [0.2, 0.25) is 0 Å². The summed E-state index contributed by atoms with van der Waals surface area (Å²) in [5, 5.41) is 9.12. The van der Waals surface area contributed by atoms with Gasteiger partial charge in [-0.05, 0) is 19.2 Å². The summed E-state index contributed by atoms with van der Waals surface area (Å²) >= 11 is 0. The van der Waals surface area contributed by atoms with E-state index in [1.807, 2.05) is 0 Å². The fourth-order valence-electron chi connectivity index (χ4n) is 2.53. The van der Waals surface area contributed by atoms with Crippen LogP contribution in [-0.4, -0.2) is 67.3 Å². The van der Waals surface area contributed by atoms with Crippen molar-refractivity contribution in [3.8, 4) is 5.75 Å². The number of rotatable bonds is 6. The third-order valence-corrected chi connectivity index (χ3v) is 3.81. The summed E-state index contributed by atoms with van der Waals surface area (Å²) in [7, 11) is 2.15. The summed E-state index contributed by atoms with van der Waals surface area (Å²) in [6, 6.07) is 6.80. The Kier molecular flexibility index (Phi) is 5.59. The Hall–Kier alpha value is -1.59. The predicted molar refractivity (Wildman–Crippen MR) is 82.0 cm³/mol. The standard InChI is InChI=1S/C16H24N2O3/c1-13(11-18-9-7-17(2)8-10-18)12-21-15-6-4-3-5-14(15)16(19)20/h3-6,13H,7-12H2,1-2H3,(H,19,20). The average molecular weight is 292 g/mol. The van der Waals surface area contributed by atoms with E-state index in [1.54, 1.807) is 24.3 Å². The van der Waals surface area contributed by atoms with Gasteiger partial charge in [-0.25, -0.2) is 4.79 Å². The van der Waals surface area contributed by atoms with Crippen LogP contribution in [-0.2, 0) is 0 Å². The van der Waals surface area contributed by atoms with E-state index < -0.39 is 5.97 Å². The van der Waals surface area contributed by atoms with Gasteiger partial charge in [-0.1, -0.05) is 19.1 Å². The van der Waals surface area contributed by atoms with Crippen LogP contribution in [0.4, 0.5) is 0 Å². The molecule has 0 spiro atoms. The number of hydrogen-bond donors (Lipinski definition) is 1. The minimum absolute atomic E-state index is 0.226. The summed E-state index contributed by atoms with van der Waals surface area (Å²) in [5.41, 5.74) is 0.226. The lowest BCUT2D eigenvalue weighted by atomic mass is 10.1. The van der Waals surface area contributed by atoms with Gasteiger partial charge in [0.05, 0.1) is 6.61 Å². The summed E-state index contributed by atoms with van der Waals surface area (Å²) in [4.78, 5) is 15.9. The van der Waals surface area contributed by atoms with Gasteiger partial charge in [-0.15, -0.1) is 0 Å². The van der Waals surface area contributed by atoms with Gasteiger partial charge in [0.25, 0.3) is 0 Å². The number of benzene rings is 1. The van der Waals surface area contributed by atoms with E-state index in [0.29, 0.717) is 18.3 Å². The van der Waals surface area contributed by atoms with Gasteiger partial charge in [-0.2, -0.15) is 0 Å². The molecule has 1 aromatic rings. The molecule has 1 aromatic carbocycles. The predicted octanol–water partition coefficient (Wildman–Crippen LogP) is 1.65. The van der Waals surface area contributed by atoms with Crippen LogP contribution in [0.1, 0.15) is 17.3 Å². The first-order chi connectivity index (χ1) is 10.1. The first-order valence-corrected chi connectivity index (χ1v) is 7.42. The second-order valence-electron chi connectivity index (χ2n) is 5.82. The van der Waals surface area contributed by atoms with Crippen LogP contribution in [0.2, 0.25) is 0 Å². The third-order valence-electron chi connectivity index (χ3n) is 3.81. The Morgan fingerprint density at radius 3 is 2.62 bits per heavy atom. The molecular weight excluding hydrogens is 268 g/mol. The molecule has 116 valence electrons. The topological polar surface area (TPSA) is 53.0 Å². The lowest BCUT2D eigenvalue weighted by Gasteiger charge is -2.33. The first-order valence-electron chi connectivity index (χ1n) is 7.42. The van der Waals surface area contributed by atoms with Crippen molar-refractivity contribution in [2.24, 2.45) is 5.92 Å². The number of para-hydroxylation sites is 1. The summed E-state index contributed by atoms with van der Waals surface area (Å²) in [6.07, 6.45) is 0. The van der Waals surface area contributed by atoms with Crippen molar-refractivity contribution in [3.63, 3.8) is 0 Å². The largest absolute Gasteiger partial charge is 0.492 e. The fourth-order valence-corrected chi connectivity index (χ4v) is 2.53. The maximum atomic E-state index is 11.1. The number of aromatic carboxylic acids is 1. The number of piperazine rings is 1. The second kappa shape index (κ2) is 7.43. The van der Waals surface area contributed by atoms with Crippen molar-refractivity contribution in [2.45, 2.75) is 6.92 Å². The molecule has 1 saturated heterocycles. The molecule has 1 N–H and O–H groups in total. The molecule has 2 rings (SSSR count). The highest BCUT2D eigenvalue weighted by Gasteiger charge is 2.17. The lowest BCUT2D eigenvalue weighted by molar-refractivity contribution is 0.0690. The molecule has 0 aromatic heterocycles. The van der Waals surface area contributed by atoms with Gasteiger partial charge in [0.1, 0.15) is 11.3 Å². The van der Waals surface area contributed by atoms with Crippen LogP contribution in [0.25, 0.3) is 0 Å². The van der Waals surface area contributed by atoms with Crippen molar-refractivity contribution in [1.82, 2.24) is 9.80 Å². The van der Waals surface area contributed by atoms with Crippen LogP contribution in [0.3, 0.4) is 0 Å². The van der Waals surface area contributed by atoms with Gasteiger partial charge >= 0.3 is 5.97 Å². The number of hydrogen-bond acceptors (Lipinski definition) is 4. The highest BCUT2D eigenvalue weighted by Crippen LogP contribution is 2.18. The Bertz CT molecular complexity index is 470. The zero-order chi connectivity index (χ0) is 15.2. The number of likely N-dealkylation sites (N-methyl/N-ethyl adjacent to an activating group) is 1. The monoisotopic (exact) mass is 292 g/mol. The van der Waals surface area contributed by atoms with Crippen LogP contribution in [0, 0.1) is 5.92 Å². The zero-order valence-corrected chi connectivity index (χ0v) is 12.8. The van der Waals surface area contributed by atoms with E-state index in [1.165, 1.54) is 0 Å². The number of carbonyl (C=O) groups is 1. The zero-order valence-electron chi connectivity index (χ0n) is 12.8. The number of carboxylic acids is 1. The van der Waals surface area contributed by atoms with Crippen molar-refractivity contribution in [3.05, 3.63) is 29.8 Å². The molecule has 5 nitrogen and oxygen atoms in total. The Morgan fingerprint density at radius 1 is 1.29 bits per heavy atom. The molecule has 1 aliphatic rings. The normalized spacial score (nSPS) is 18.4. The number of ether oxygens (including phenoxy) is 1. The smallest absolute Gasteiger partial charge is 0.339 e. The van der Waals surface area contributed by atoms with Crippen molar-refractivity contribution in [2.75, 3.05) is 46.4 Å². The Balaban J connectivity index is 1.81. The van der Waals surface area contributed by atoms with Crippen LogP contribution < -0.4 is 4.74 Å². The van der Waals surface area contributed by atoms with E-state index >= 15 is 0 Å². The lowest BCUT2D eigenvalue weighted by Crippen LogP contribution is -2.46. The molecule has 0 amide bonds. The fraction of sp³-hybridized carbons (Fsp3) is 0.562. The van der Waals surface area contributed by atoms with E-state index in [9.17, 15) is 4.79 Å². The molecule has 0 radical (unpaired) electrons. The molecule has 0 aliphatic carbocycles. The number of nitrogens with zero attached hydrogens (tertiary/aromatic N) is 2. The molecule has 5 heteroatoms. The Labute approximate surface area is 126 Å². The molecule has 1 unspecified atom stereocenters. The minimum atomic E-state index is -0.947. The first kappa shape index (κ1) is 15.8. The second-order valence-corrected chi connectivity index (χ2v) is 5.82. The SMILES string of the molecule is CC(COc1ccccc1C(=O)O)CN1CCN(C)CC1. The highest BCUT2D eigenvalue weighted by molar-refractivity contribution is 5.90. The molecule has 1 heterocycles. The van der Waals surface area contributed by atoms with Crippen LogP contribution in [0.5, 0.6) is 5.75 Å². The molecule has 1 fully saturated rings. The van der Waals surface area contributed by atoms with Gasteiger partial charge in [-0.3, -0.25) is 0 Å². The van der Waals surface area contributed by atoms with Crippen molar-refractivity contribution in [1.29, 1.82) is 0 Å². The third kappa shape index (κ3) is 4.72. The summed E-state index contributed by atoms with van der Waals surface area (Å²) < 4.78 is 5.70. The van der Waals surface area contributed by atoms with Gasteiger partial charge in [0.15, 0.2) is 0 Å².